The normalized spacial score (nSPS) is 27.1. The predicted molar refractivity (Wildman–Crippen MR) is 86.5 cm³/mol. The van der Waals surface area contributed by atoms with Crippen LogP contribution in [0.5, 0.6) is 5.75 Å². The van der Waals surface area contributed by atoms with E-state index in [-0.39, 0.29) is 24.3 Å². The molecule has 0 saturated carbocycles. The van der Waals surface area contributed by atoms with E-state index in [0.29, 0.717) is 0 Å². The maximum absolute atomic E-state index is 13.0. The summed E-state index contributed by atoms with van der Waals surface area (Å²) < 4.78 is 15.2. The molecular weight excluding hydrogens is 344 g/mol. The summed E-state index contributed by atoms with van der Waals surface area (Å²) in [5, 5.41) is 21.5. The largest absolute Gasteiger partial charge is 0.511 e. The van der Waals surface area contributed by atoms with E-state index < -0.39 is 46.7 Å². The number of rotatable bonds is 3. The van der Waals surface area contributed by atoms with Gasteiger partial charge in [0.15, 0.2) is 5.78 Å². The fourth-order valence-electron chi connectivity index (χ4n) is 3.49. The Morgan fingerprint density at radius 2 is 2.04 bits per heavy atom. The Hall–Kier alpha value is -2.87. The Morgan fingerprint density at radius 3 is 2.69 bits per heavy atom. The maximum atomic E-state index is 13.0. The smallest absolute Gasteiger partial charge is 0.343 e. The number of ether oxygens (including phenoxy) is 3. The highest BCUT2D eigenvalue weighted by molar-refractivity contribution is 6.10. The summed E-state index contributed by atoms with van der Waals surface area (Å²) in [4.78, 5) is 37.8. The fraction of sp³-hybridized carbons (Fsp3) is 0.389. The van der Waals surface area contributed by atoms with Crippen LogP contribution in [0.4, 0.5) is 0 Å². The van der Waals surface area contributed by atoms with Gasteiger partial charge in [-0.05, 0) is 19.1 Å². The Morgan fingerprint density at radius 1 is 1.35 bits per heavy atom. The molecule has 8 nitrogen and oxygen atoms in total. The third-order valence-corrected chi connectivity index (χ3v) is 4.58. The fourth-order valence-corrected chi connectivity index (χ4v) is 3.49. The molecule has 2 N–H and O–H groups in total. The zero-order valence-electron chi connectivity index (χ0n) is 14.2. The van der Waals surface area contributed by atoms with Gasteiger partial charge in [-0.1, -0.05) is 12.1 Å². The van der Waals surface area contributed by atoms with Crippen LogP contribution in [0.15, 0.2) is 35.6 Å². The van der Waals surface area contributed by atoms with Crippen LogP contribution in [0.1, 0.15) is 23.7 Å². The molecule has 2 aliphatic rings. The Balaban J connectivity index is 2.19. The number of benzene rings is 1. The molecule has 1 aromatic carbocycles. The Labute approximate surface area is 149 Å². The molecule has 0 spiro atoms. The SMILES string of the molecule is CCOC(=O)C1=C(O)C[C@H]2Oc3ccccc3C(=O)[C@@H]2[C@@]1(O)C(=O)OC. The number of carbonyl (C=O) groups excluding carboxylic acids is 3. The molecule has 0 bridgehead atoms. The molecule has 0 saturated heterocycles. The Kier molecular flexibility index (Phi) is 4.45. The minimum atomic E-state index is -2.72. The number of methoxy groups -OCH3 is 1. The van der Waals surface area contributed by atoms with Crippen LogP contribution in [0.2, 0.25) is 0 Å². The molecular formula is C18H18O8. The van der Waals surface area contributed by atoms with Gasteiger partial charge in [-0.15, -0.1) is 0 Å². The quantitative estimate of drug-likeness (QED) is 0.762. The Bertz CT molecular complexity index is 811. The number of para-hydroxylation sites is 1. The lowest BCUT2D eigenvalue weighted by atomic mass is 9.67. The van der Waals surface area contributed by atoms with Gasteiger partial charge in [0.1, 0.15) is 29.1 Å². The van der Waals surface area contributed by atoms with Gasteiger partial charge in [-0.25, -0.2) is 9.59 Å². The molecule has 0 fully saturated rings. The van der Waals surface area contributed by atoms with Crippen molar-refractivity contribution in [2.24, 2.45) is 5.92 Å². The lowest BCUT2D eigenvalue weighted by molar-refractivity contribution is -0.171. The molecule has 1 aliphatic carbocycles. The van der Waals surface area contributed by atoms with Gasteiger partial charge in [-0.2, -0.15) is 0 Å². The summed E-state index contributed by atoms with van der Waals surface area (Å²) in [5.74, 6) is -4.69. The lowest BCUT2D eigenvalue weighted by Gasteiger charge is -2.44. The van der Waals surface area contributed by atoms with Gasteiger partial charge in [-0.3, -0.25) is 4.79 Å². The van der Waals surface area contributed by atoms with Crippen LogP contribution in [0, 0.1) is 5.92 Å². The molecule has 3 atom stereocenters. The molecule has 0 radical (unpaired) electrons. The van der Waals surface area contributed by atoms with E-state index in [2.05, 4.69) is 4.74 Å². The number of esters is 2. The van der Waals surface area contributed by atoms with Crippen molar-refractivity contribution in [2.75, 3.05) is 13.7 Å². The second kappa shape index (κ2) is 6.45. The molecule has 1 aliphatic heterocycles. The number of hydrogen-bond donors (Lipinski definition) is 2. The minimum Gasteiger partial charge on any atom is -0.511 e. The van der Waals surface area contributed by atoms with Crippen molar-refractivity contribution >= 4 is 17.7 Å². The maximum Gasteiger partial charge on any atom is 0.343 e. The average molecular weight is 362 g/mol. The van der Waals surface area contributed by atoms with Crippen LogP contribution in [0.3, 0.4) is 0 Å². The van der Waals surface area contributed by atoms with E-state index >= 15 is 0 Å². The third kappa shape index (κ3) is 2.45. The highest BCUT2D eigenvalue weighted by Crippen LogP contribution is 2.46. The van der Waals surface area contributed by atoms with E-state index in [1.165, 1.54) is 13.0 Å². The molecule has 1 aromatic rings. The van der Waals surface area contributed by atoms with Gasteiger partial charge in [0, 0.05) is 6.42 Å². The molecule has 138 valence electrons. The second-order valence-corrected chi connectivity index (χ2v) is 6.00. The number of aliphatic hydroxyl groups excluding tert-OH is 1. The molecule has 0 unspecified atom stereocenters. The average Bonchev–Trinajstić information content (AvgIpc) is 2.60. The summed E-state index contributed by atoms with van der Waals surface area (Å²) in [6.45, 7) is 1.48. The van der Waals surface area contributed by atoms with Crippen LogP contribution in [-0.4, -0.2) is 53.4 Å². The number of aliphatic hydroxyl groups is 2. The van der Waals surface area contributed by atoms with Gasteiger partial charge in [0.2, 0.25) is 5.60 Å². The van der Waals surface area contributed by atoms with Gasteiger partial charge >= 0.3 is 11.9 Å². The van der Waals surface area contributed by atoms with E-state index in [9.17, 15) is 24.6 Å². The first kappa shape index (κ1) is 17.9. The lowest BCUT2D eigenvalue weighted by Crippen LogP contribution is -2.62. The van der Waals surface area contributed by atoms with Crippen molar-refractivity contribution in [3.8, 4) is 5.75 Å². The van der Waals surface area contributed by atoms with Crippen molar-refractivity contribution < 1.29 is 38.8 Å². The van der Waals surface area contributed by atoms with E-state index in [4.69, 9.17) is 9.47 Å². The number of carbonyl (C=O) groups is 3. The molecule has 1 heterocycles. The zero-order valence-corrected chi connectivity index (χ0v) is 14.2. The predicted octanol–water partition coefficient (Wildman–Crippen LogP) is 0.929. The van der Waals surface area contributed by atoms with Crippen molar-refractivity contribution in [3.63, 3.8) is 0 Å². The standard InChI is InChI=1S/C18H18O8/c1-3-25-16(21)13-10(19)8-12-14(18(13,23)17(22)24-2)15(20)9-6-4-5-7-11(9)26-12/h4-7,12,14,19,23H,3,8H2,1-2H3/t12-,14-,18-/m1/s1. The van der Waals surface area contributed by atoms with Gasteiger partial charge < -0.3 is 24.4 Å². The second-order valence-electron chi connectivity index (χ2n) is 6.00. The van der Waals surface area contributed by atoms with Crippen molar-refractivity contribution in [1.29, 1.82) is 0 Å². The summed E-state index contributed by atoms with van der Waals surface area (Å²) in [5.41, 5.74) is -3.25. The highest BCUT2D eigenvalue weighted by Gasteiger charge is 2.63. The molecule has 0 amide bonds. The molecule has 0 aromatic heterocycles. The molecule has 3 rings (SSSR count). The van der Waals surface area contributed by atoms with Gasteiger partial charge in [0.25, 0.3) is 0 Å². The van der Waals surface area contributed by atoms with Crippen LogP contribution < -0.4 is 4.74 Å². The third-order valence-electron chi connectivity index (χ3n) is 4.58. The van der Waals surface area contributed by atoms with Crippen molar-refractivity contribution in [2.45, 2.75) is 25.0 Å². The number of ketones is 1. The van der Waals surface area contributed by atoms with Crippen LogP contribution >= 0.6 is 0 Å². The van der Waals surface area contributed by atoms with Gasteiger partial charge in [0.05, 0.1) is 19.3 Å². The molecule has 8 heteroatoms. The van der Waals surface area contributed by atoms with Crippen molar-refractivity contribution in [3.05, 3.63) is 41.2 Å². The number of hydrogen-bond acceptors (Lipinski definition) is 8. The minimum absolute atomic E-state index is 0.0474. The first-order chi connectivity index (χ1) is 12.4. The van der Waals surface area contributed by atoms with Crippen LogP contribution in [-0.2, 0) is 19.1 Å². The summed E-state index contributed by atoms with van der Waals surface area (Å²) >= 11 is 0. The molecule has 26 heavy (non-hydrogen) atoms. The summed E-state index contributed by atoms with van der Waals surface area (Å²) in [6, 6.07) is 6.34. The topological polar surface area (TPSA) is 119 Å². The van der Waals surface area contributed by atoms with E-state index in [1.807, 2.05) is 0 Å². The van der Waals surface area contributed by atoms with E-state index in [1.54, 1.807) is 18.2 Å². The number of Topliss-reactive ketones (excluding diaryl/α,β-unsaturated/α-hetero) is 1. The first-order valence-corrected chi connectivity index (χ1v) is 8.06. The number of fused-ring (bicyclic) bond motifs is 2. The first-order valence-electron chi connectivity index (χ1n) is 8.06. The monoisotopic (exact) mass is 362 g/mol. The summed E-state index contributed by atoms with van der Waals surface area (Å²) in [6.07, 6.45) is -1.28. The van der Waals surface area contributed by atoms with Crippen molar-refractivity contribution in [1.82, 2.24) is 0 Å². The van der Waals surface area contributed by atoms with Crippen LogP contribution in [0.25, 0.3) is 0 Å². The highest BCUT2D eigenvalue weighted by atomic mass is 16.6. The zero-order chi connectivity index (χ0) is 19.1. The summed E-state index contributed by atoms with van der Waals surface area (Å²) in [7, 11) is 1.01. The van der Waals surface area contributed by atoms with E-state index in [0.717, 1.165) is 7.11 Å².